The summed E-state index contributed by atoms with van der Waals surface area (Å²) >= 11 is 1.39. The average molecular weight is 269 g/mol. The number of anilines is 1. The van der Waals surface area contributed by atoms with Gasteiger partial charge in [-0.3, -0.25) is 5.32 Å². The maximum Gasteiger partial charge on any atom is 0.413 e. The van der Waals surface area contributed by atoms with E-state index in [4.69, 9.17) is 10.5 Å². The smallest absolute Gasteiger partial charge is 0.413 e. The van der Waals surface area contributed by atoms with Crippen LogP contribution in [0.1, 0.15) is 32.1 Å². The van der Waals surface area contributed by atoms with E-state index in [1.54, 1.807) is 6.20 Å². The van der Waals surface area contributed by atoms with Gasteiger partial charge in [0.1, 0.15) is 5.60 Å². The van der Waals surface area contributed by atoms with E-state index in [0.717, 1.165) is 11.3 Å². The molecule has 5 nitrogen and oxygen atoms in total. The number of carbonyl (C=O) groups is 1. The normalized spacial score (nSPS) is 11.8. The number of hydrogen-bond acceptors (Lipinski definition) is 5. The molecule has 6 heteroatoms. The van der Waals surface area contributed by atoms with Crippen LogP contribution in [0.4, 0.5) is 9.93 Å². The van der Waals surface area contributed by atoms with E-state index in [1.807, 2.05) is 32.9 Å². The third-order valence-electron chi connectivity index (χ3n) is 1.75. The Bertz CT molecular complexity index is 421. The van der Waals surface area contributed by atoms with E-state index in [2.05, 4.69) is 10.3 Å². The van der Waals surface area contributed by atoms with Crippen LogP contribution in [0.15, 0.2) is 12.3 Å². The number of ether oxygens (including phenoxy) is 1. The molecule has 0 saturated carbocycles. The van der Waals surface area contributed by atoms with Crippen LogP contribution in [0.5, 0.6) is 0 Å². The first-order valence-corrected chi connectivity index (χ1v) is 6.55. The summed E-state index contributed by atoms with van der Waals surface area (Å²) in [6.07, 6.45) is 5.95. The minimum atomic E-state index is -0.509. The summed E-state index contributed by atoms with van der Waals surface area (Å²) in [5.41, 5.74) is 4.88. The molecule has 1 aromatic rings. The topological polar surface area (TPSA) is 77.2 Å². The molecule has 100 valence electrons. The minimum absolute atomic E-state index is 0.491. The number of amides is 1. The summed E-state index contributed by atoms with van der Waals surface area (Å²) in [7, 11) is 0. The highest BCUT2D eigenvalue weighted by Gasteiger charge is 2.16. The number of nitrogens with one attached hydrogen (secondary N) is 1. The standard InChI is InChI=1S/C12H19N3O2S/c1-12(2,3)17-11(16)15-10-14-8-9(18-10)6-4-5-7-13/h4,6,8H,5,7,13H2,1-3H3,(H,14,15,16). The number of hydrogen-bond donors (Lipinski definition) is 2. The van der Waals surface area contributed by atoms with E-state index >= 15 is 0 Å². The predicted octanol–water partition coefficient (Wildman–Crippen LogP) is 2.85. The highest BCUT2D eigenvalue weighted by Crippen LogP contribution is 2.20. The third-order valence-corrected chi connectivity index (χ3v) is 2.62. The monoisotopic (exact) mass is 269 g/mol. The number of aromatic nitrogens is 1. The zero-order chi connectivity index (χ0) is 13.6. The largest absolute Gasteiger partial charge is 0.444 e. The minimum Gasteiger partial charge on any atom is -0.444 e. The first-order valence-electron chi connectivity index (χ1n) is 5.73. The fraction of sp³-hybridized carbons (Fsp3) is 0.500. The highest BCUT2D eigenvalue weighted by molar-refractivity contribution is 7.16. The summed E-state index contributed by atoms with van der Waals surface area (Å²) in [6, 6.07) is 0. The van der Waals surface area contributed by atoms with Crippen LogP contribution in [0.25, 0.3) is 6.08 Å². The predicted molar refractivity (Wildman–Crippen MR) is 74.7 cm³/mol. The number of nitrogens with two attached hydrogens (primary N) is 1. The van der Waals surface area contributed by atoms with Crippen LogP contribution < -0.4 is 11.1 Å². The lowest BCUT2D eigenvalue weighted by Crippen LogP contribution is -2.27. The van der Waals surface area contributed by atoms with Crippen molar-refractivity contribution in [2.24, 2.45) is 5.73 Å². The van der Waals surface area contributed by atoms with Crippen molar-refractivity contribution < 1.29 is 9.53 Å². The van der Waals surface area contributed by atoms with E-state index in [0.29, 0.717) is 11.7 Å². The zero-order valence-corrected chi connectivity index (χ0v) is 11.7. The molecule has 0 fully saturated rings. The maximum absolute atomic E-state index is 11.5. The van der Waals surface area contributed by atoms with Gasteiger partial charge >= 0.3 is 6.09 Å². The summed E-state index contributed by atoms with van der Waals surface area (Å²) in [4.78, 5) is 16.6. The quantitative estimate of drug-likeness (QED) is 0.881. The molecule has 0 atom stereocenters. The van der Waals surface area contributed by atoms with Gasteiger partial charge in [0.2, 0.25) is 0 Å². The molecule has 3 N–H and O–H groups in total. The molecule has 1 aromatic heterocycles. The van der Waals surface area contributed by atoms with Crippen LogP contribution in [-0.4, -0.2) is 23.2 Å². The second kappa shape index (κ2) is 6.51. The molecule has 0 saturated heterocycles. The second-order valence-corrected chi connectivity index (χ2v) is 5.74. The van der Waals surface area contributed by atoms with Crippen molar-refractivity contribution in [1.29, 1.82) is 0 Å². The third kappa shape index (κ3) is 5.79. The van der Waals surface area contributed by atoms with Gasteiger partial charge in [-0.1, -0.05) is 17.4 Å². The zero-order valence-electron chi connectivity index (χ0n) is 10.9. The lowest BCUT2D eigenvalue weighted by molar-refractivity contribution is 0.0636. The Morgan fingerprint density at radius 2 is 2.33 bits per heavy atom. The molecule has 0 aliphatic heterocycles. The molecular weight excluding hydrogens is 250 g/mol. The first kappa shape index (κ1) is 14.7. The van der Waals surface area contributed by atoms with Gasteiger partial charge in [-0.25, -0.2) is 9.78 Å². The van der Waals surface area contributed by atoms with Gasteiger partial charge in [0.25, 0.3) is 0 Å². The van der Waals surface area contributed by atoms with Gasteiger partial charge in [0.05, 0.1) is 0 Å². The average Bonchev–Trinajstić information content (AvgIpc) is 2.63. The Kier molecular flexibility index (Phi) is 5.30. The molecule has 0 unspecified atom stereocenters. The molecule has 0 spiro atoms. The summed E-state index contributed by atoms with van der Waals surface area (Å²) in [6.45, 7) is 6.07. The van der Waals surface area contributed by atoms with Gasteiger partial charge in [-0.05, 0) is 39.8 Å². The molecule has 0 radical (unpaired) electrons. The second-order valence-electron chi connectivity index (χ2n) is 4.67. The van der Waals surface area contributed by atoms with Crippen LogP contribution in [-0.2, 0) is 4.74 Å². The van der Waals surface area contributed by atoms with Gasteiger partial charge in [0, 0.05) is 11.1 Å². The number of carbonyl (C=O) groups excluding carboxylic acids is 1. The van der Waals surface area contributed by atoms with E-state index in [1.165, 1.54) is 11.3 Å². The molecule has 0 aliphatic rings. The van der Waals surface area contributed by atoms with Crippen molar-refractivity contribution in [2.75, 3.05) is 11.9 Å². The summed E-state index contributed by atoms with van der Waals surface area (Å²) in [5.74, 6) is 0. The van der Waals surface area contributed by atoms with Crippen LogP contribution in [0, 0.1) is 0 Å². The van der Waals surface area contributed by atoms with Gasteiger partial charge in [-0.15, -0.1) is 0 Å². The van der Waals surface area contributed by atoms with Crippen molar-refractivity contribution in [3.63, 3.8) is 0 Å². The first-order chi connectivity index (χ1) is 8.40. The fourth-order valence-corrected chi connectivity index (χ4v) is 1.84. The van der Waals surface area contributed by atoms with E-state index in [-0.39, 0.29) is 0 Å². The fourth-order valence-electron chi connectivity index (χ4n) is 1.11. The molecule has 1 heterocycles. The van der Waals surface area contributed by atoms with E-state index < -0.39 is 11.7 Å². The number of rotatable bonds is 4. The molecule has 0 aliphatic carbocycles. The van der Waals surface area contributed by atoms with Crippen molar-refractivity contribution in [2.45, 2.75) is 32.8 Å². The van der Waals surface area contributed by atoms with Gasteiger partial charge in [0.15, 0.2) is 5.13 Å². The molecule has 1 rings (SSSR count). The highest BCUT2D eigenvalue weighted by atomic mass is 32.1. The van der Waals surface area contributed by atoms with Crippen LogP contribution in [0.3, 0.4) is 0 Å². The Morgan fingerprint density at radius 1 is 1.61 bits per heavy atom. The molecular formula is C12H19N3O2S. The van der Waals surface area contributed by atoms with Crippen LogP contribution >= 0.6 is 11.3 Å². The molecule has 1 amide bonds. The Balaban J connectivity index is 2.51. The van der Waals surface area contributed by atoms with Crippen molar-refractivity contribution in [3.8, 4) is 0 Å². The van der Waals surface area contributed by atoms with Gasteiger partial charge in [-0.2, -0.15) is 0 Å². The number of thiazole rings is 1. The van der Waals surface area contributed by atoms with Crippen molar-refractivity contribution in [1.82, 2.24) is 4.98 Å². The van der Waals surface area contributed by atoms with Gasteiger partial charge < -0.3 is 10.5 Å². The molecule has 18 heavy (non-hydrogen) atoms. The lowest BCUT2D eigenvalue weighted by atomic mass is 10.2. The Labute approximate surface area is 111 Å². The summed E-state index contributed by atoms with van der Waals surface area (Å²) in [5, 5.41) is 3.12. The summed E-state index contributed by atoms with van der Waals surface area (Å²) < 4.78 is 5.13. The Morgan fingerprint density at radius 3 is 2.94 bits per heavy atom. The van der Waals surface area contributed by atoms with Crippen molar-refractivity contribution in [3.05, 3.63) is 17.2 Å². The molecule has 0 bridgehead atoms. The number of nitrogens with zero attached hydrogens (tertiary/aromatic N) is 1. The van der Waals surface area contributed by atoms with Crippen molar-refractivity contribution >= 4 is 28.6 Å². The SMILES string of the molecule is CC(C)(C)OC(=O)Nc1ncc(C=CCCN)s1. The molecule has 0 aromatic carbocycles. The van der Waals surface area contributed by atoms with E-state index in [9.17, 15) is 4.79 Å². The maximum atomic E-state index is 11.5. The van der Waals surface area contributed by atoms with Crippen LogP contribution in [0.2, 0.25) is 0 Å². The lowest BCUT2D eigenvalue weighted by Gasteiger charge is -2.18. The Hall–Kier alpha value is -1.40.